The number of likely N-dealkylation sites (N-methyl/N-ethyl adjacent to an activating group) is 1. The molecule has 0 aromatic carbocycles. The van der Waals surface area contributed by atoms with Crippen LogP contribution >= 0.6 is 0 Å². The zero-order valence-corrected chi connectivity index (χ0v) is 10.5. The van der Waals surface area contributed by atoms with E-state index in [9.17, 15) is 9.90 Å². The Balaban J connectivity index is 3.10. The maximum absolute atomic E-state index is 12.1. The van der Waals surface area contributed by atoms with Crippen LogP contribution in [0.4, 0.5) is 0 Å². The Bertz CT molecular complexity index is 262. The number of aliphatic hydroxyl groups excluding tert-OH is 1. The second kappa shape index (κ2) is 3.78. The minimum Gasteiger partial charge on any atom is -0.394 e. The number of amides is 1. The SMILES string of the molecule is CCC[C@H]1C(=O)N(C)[C@](C)(CO)C1(C)C. The van der Waals surface area contributed by atoms with Crippen molar-refractivity contribution in [1.29, 1.82) is 0 Å². The summed E-state index contributed by atoms with van der Waals surface area (Å²) in [4.78, 5) is 13.8. The molecule has 0 aromatic rings. The van der Waals surface area contributed by atoms with Crippen LogP contribution in [0.2, 0.25) is 0 Å². The van der Waals surface area contributed by atoms with Gasteiger partial charge in [0.05, 0.1) is 12.1 Å². The molecule has 1 aliphatic rings. The van der Waals surface area contributed by atoms with Crippen LogP contribution in [0.3, 0.4) is 0 Å². The van der Waals surface area contributed by atoms with Gasteiger partial charge in [0.1, 0.15) is 0 Å². The zero-order chi connectivity index (χ0) is 11.9. The summed E-state index contributed by atoms with van der Waals surface area (Å²) in [6, 6.07) is 0. The van der Waals surface area contributed by atoms with Gasteiger partial charge in [0.15, 0.2) is 0 Å². The Morgan fingerprint density at radius 1 is 1.40 bits per heavy atom. The van der Waals surface area contributed by atoms with Gasteiger partial charge in [-0.3, -0.25) is 4.79 Å². The van der Waals surface area contributed by atoms with Crippen LogP contribution in [-0.2, 0) is 4.79 Å². The number of hydrogen-bond acceptors (Lipinski definition) is 2. The summed E-state index contributed by atoms with van der Waals surface area (Å²) in [5.74, 6) is 0.225. The topological polar surface area (TPSA) is 40.5 Å². The molecule has 1 aliphatic heterocycles. The molecule has 3 nitrogen and oxygen atoms in total. The van der Waals surface area contributed by atoms with E-state index < -0.39 is 5.54 Å². The van der Waals surface area contributed by atoms with Gasteiger partial charge in [0, 0.05) is 18.4 Å². The van der Waals surface area contributed by atoms with Crippen molar-refractivity contribution in [3.8, 4) is 0 Å². The summed E-state index contributed by atoms with van der Waals surface area (Å²) >= 11 is 0. The summed E-state index contributed by atoms with van der Waals surface area (Å²) in [5.41, 5.74) is -0.590. The van der Waals surface area contributed by atoms with E-state index in [1.165, 1.54) is 0 Å². The zero-order valence-electron chi connectivity index (χ0n) is 10.5. The first-order chi connectivity index (χ1) is 6.82. The van der Waals surface area contributed by atoms with E-state index in [4.69, 9.17) is 0 Å². The maximum Gasteiger partial charge on any atom is 0.226 e. The molecule has 0 unspecified atom stereocenters. The van der Waals surface area contributed by atoms with E-state index in [0.717, 1.165) is 12.8 Å². The molecule has 1 saturated heterocycles. The number of rotatable bonds is 3. The summed E-state index contributed by atoms with van der Waals surface area (Å²) in [6.45, 7) is 8.27. The Morgan fingerprint density at radius 3 is 2.27 bits per heavy atom. The number of aliphatic hydroxyl groups is 1. The number of hydrogen-bond donors (Lipinski definition) is 1. The van der Waals surface area contributed by atoms with Gasteiger partial charge < -0.3 is 10.0 Å². The van der Waals surface area contributed by atoms with Crippen LogP contribution in [0.25, 0.3) is 0 Å². The molecule has 1 heterocycles. The van der Waals surface area contributed by atoms with Gasteiger partial charge in [0.25, 0.3) is 0 Å². The van der Waals surface area contributed by atoms with E-state index in [2.05, 4.69) is 20.8 Å². The van der Waals surface area contributed by atoms with E-state index in [0.29, 0.717) is 0 Å². The lowest BCUT2D eigenvalue weighted by Gasteiger charge is -2.42. The quantitative estimate of drug-likeness (QED) is 0.774. The Hall–Kier alpha value is -0.570. The van der Waals surface area contributed by atoms with Gasteiger partial charge in [-0.1, -0.05) is 27.2 Å². The first-order valence-electron chi connectivity index (χ1n) is 5.71. The van der Waals surface area contributed by atoms with E-state index >= 15 is 0 Å². The highest BCUT2D eigenvalue weighted by Crippen LogP contribution is 2.50. The molecule has 0 aliphatic carbocycles. The van der Waals surface area contributed by atoms with Gasteiger partial charge >= 0.3 is 0 Å². The van der Waals surface area contributed by atoms with Crippen molar-refractivity contribution in [2.24, 2.45) is 11.3 Å². The third-order valence-electron chi connectivity index (χ3n) is 4.51. The smallest absolute Gasteiger partial charge is 0.226 e. The van der Waals surface area contributed by atoms with Gasteiger partial charge in [-0.2, -0.15) is 0 Å². The lowest BCUT2D eigenvalue weighted by Crippen LogP contribution is -2.51. The van der Waals surface area contributed by atoms with Crippen LogP contribution in [0.1, 0.15) is 40.5 Å². The van der Waals surface area contributed by atoms with Crippen LogP contribution in [0.5, 0.6) is 0 Å². The number of carbonyl (C=O) groups is 1. The fourth-order valence-corrected chi connectivity index (χ4v) is 2.68. The van der Waals surface area contributed by atoms with Gasteiger partial charge in [0.2, 0.25) is 5.91 Å². The standard InChI is InChI=1S/C12H23NO2/c1-6-7-9-10(15)13(5)12(4,8-14)11(9,2)3/h9,14H,6-8H2,1-5H3/t9-,12+/m0/s1. The number of likely N-dealkylation sites (tertiary alicyclic amines) is 1. The highest BCUT2D eigenvalue weighted by atomic mass is 16.3. The molecule has 1 amide bonds. The maximum atomic E-state index is 12.1. The molecule has 15 heavy (non-hydrogen) atoms. The van der Waals surface area contributed by atoms with Crippen molar-refractivity contribution < 1.29 is 9.90 Å². The average Bonchev–Trinajstić information content (AvgIpc) is 2.32. The lowest BCUT2D eigenvalue weighted by atomic mass is 9.67. The Morgan fingerprint density at radius 2 is 1.93 bits per heavy atom. The molecule has 88 valence electrons. The highest BCUT2D eigenvalue weighted by molar-refractivity contribution is 5.83. The van der Waals surface area contributed by atoms with Crippen LogP contribution in [0, 0.1) is 11.3 Å². The van der Waals surface area contributed by atoms with E-state index in [1.807, 2.05) is 6.92 Å². The second-order valence-corrected chi connectivity index (χ2v) is 5.39. The Kier molecular flexibility index (Phi) is 3.15. The predicted octanol–water partition coefficient (Wildman–Crippen LogP) is 1.65. The molecule has 0 saturated carbocycles. The summed E-state index contributed by atoms with van der Waals surface area (Å²) in [7, 11) is 1.80. The minimum absolute atomic E-state index is 0.0302. The molecule has 1 rings (SSSR count). The molecule has 0 aromatic heterocycles. The summed E-state index contributed by atoms with van der Waals surface area (Å²) in [5, 5.41) is 9.54. The van der Waals surface area contributed by atoms with Crippen LogP contribution in [-0.4, -0.2) is 35.1 Å². The van der Waals surface area contributed by atoms with Crippen molar-refractivity contribution in [3.05, 3.63) is 0 Å². The van der Waals surface area contributed by atoms with Crippen LogP contribution in [0.15, 0.2) is 0 Å². The average molecular weight is 213 g/mol. The van der Waals surface area contributed by atoms with Crippen molar-refractivity contribution in [2.45, 2.75) is 46.1 Å². The molecule has 1 N–H and O–H groups in total. The van der Waals surface area contributed by atoms with E-state index in [1.54, 1.807) is 11.9 Å². The first kappa shape index (κ1) is 12.5. The molecule has 0 spiro atoms. The van der Waals surface area contributed by atoms with Crippen molar-refractivity contribution in [1.82, 2.24) is 4.90 Å². The number of nitrogens with zero attached hydrogens (tertiary/aromatic N) is 1. The van der Waals surface area contributed by atoms with Gasteiger partial charge in [-0.15, -0.1) is 0 Å². The minimum atomic E-state index is -0.427. The lowest BCUT2D eigenvalue weighted by molar-refractivity contribution is -0.133. The third-order valence-corrected chi connectivity index (χ3v) is 4.51. The number of carbonyl (C=O) groups excluding carboxylic acids is 1. The van der Waals surface area contributed by atoms with Crippen molar-refractivity contribution >= 4 is 5.91 Å². The van der Waals surface area contributed by atoms with Crippen LogP contribution < -0.4 is 0 Å². The second-order valence-electron chi connectivity index (χ2n) is 5.39. The molecule has 2 atom stereocenters. The molecule has 1 fully saturated rings. The largest absolute Gasteiger partial charge is 0.394 e. The van der Waals surface area contributed by atoms with Gasteiger partial charge in [-0.05, 0) is 13.3 Å². The monoisotopic (exact) mass is 213 g/mol. The molecular formula is C12H23NO2. The molecule has 0 radical (unpaired) electrons. The molecule has 3 heteroatoms. The van der Waals surface area contributed by atoms with Crippen molar-refractivity contribution in [3.63, 3.8) is 0 Å². The first-order valence-corrected chi connectivity index (χ1v) is 5.71. The summed E-state index contributed by atoms with van der Waals surface area (Å²) < 4.78 is 0. The molecular weight excluding hydrogens is 190 g/mol. The predicted molar refractivity (Wildman–Crippen MR) is 60.4 cm³/mol. The Labute approximate surface area is 92.5 Å². The fourth-order valence-electron chi connectivity index (χ4n) is 2.68. The van der Waals surface area contributed by atoms with Crippen molar-refractivity contribution in [2.75, 3.05) is 13.7 Å². The van der Waals surface area contributed by atoms with E-state index in [-0.39, 0.29) is 23.8 Å². The normalized spacial score (nSPS) is 34.9. The summed E-state index contributed by atoms with van der Waals surface area (Å²) in [6.07, 6.45) is 1.92. The molecule has 0 bridgehead atoms. The van der Waals surface area contributed by atoms with Gasteiger partial charge in [-0.25, -0.2) is 0 Å². The highest BCUT2D eigenvalue weighted by Gasteiger charge is 2.58. The fraction of sp³-hybridized carbons (Fsp3) is 0.917. The third kappa shape index (κ3) is 1.48.